The third-order valence-electron chi connectivity index (χ3n) is 4.97. The lowest BCUT2D eigenvalue weighted by Crippen LogP contribution is -2.38. The van der Waals surface area contributed by atoms with Gasteiger partial charge in [0.25, 0.3) is 0 Å². The lowest BCUT2D eigenvalue weighted by molar-refractivity contribution is -0.607. The summed E-state index contributed by atoms with van der Waals surface area (Å²) >= 11 is 0. The molecule has 3 rings (SSSR count). The van der Waals surface area contributed by atoms with E-state index in [9.17, 15) is 17.3 Å². The topological polar surface area (TPSA) is 22.3 Å². The van der Waals surface area contributed by atoms with E-state index in [2.05, 4.69) is 75.6 Å². The molecule has 2 aromatic carbocycles. The van der Waals surface area contributed by atoms with E-state index in [-0.39, 0.29) is 5.41 Å². The van der Waals surface area contributed by atoms with Gasteiger partial charge in [0.05, 0.1) is 19.6 Å². The molecule has 0 N–H and O–H groups in total. The predicted molar refractivity (Wildman–Crippen MR) is 117 cm³/mol. The van der Waals surface area contributed by atoms with Crippen LogP contribution in [0.15, 0.2) is 42.5 Å². The van der Waals surface area contributed by atoms with E-state index < -0.39 is 7.25 Å². The van der Waals surface area contributed by atoms with Gasteiger partial charge in [-0.3, -0.25) is 0 Å². The van der Waals surface area contributed by atoms with E-state index in [1.807, 2.05) is 6.07 Å². The quantitative estimate of drug-likeness (QED) is 0.271. The Balaban J connectivity index is 0.000000614. The van der Waals surface area contributed by atoms with Crippen molar-refractivity contribution in [1.82, 2.24) is 0 Å². The fourth-order valence-corrected chi connectivity index (χ4v) is 3.56. The first-order valence-corrected chi connectivity index (χ1v) is 9.82. The van der Waals surface area contributed by atoms with Crippen molar-refractivity contribution in [3.05, 3.63) is 59.4 Å². The molecule has 0 spiro atoms. The van der Waals surface area contributed by atoms with E-state index in [0.717, 1.165) is 33.7 Å². The van der Waals surface area contributed by atoms with Crippen LogP contribution in [0, 0.1) is 13.8 Å². The average Bonchev–Trinajstić information content (AvgIpc) is 2.65. The Bertz CT molecular complexity index is 1050. The van der Waals surface area contributed by atoms with Crippen molar-refractivity contribution in [2.75, 3.05) is 14.2 Å². The van der Waals surface area contributed by atoms with Gasteiger partial charge in [-0.25, -0.2) is 0 Å². The van der Waals surface area contributed by atoms with Gasteiger partial charge in [0.2, 0.25) is 5.69 Å². The average molecular weight is 437 g/mol. The predicted octanol–water partition coefficient (Wildman–Crippen LogP) is 6.35. The first-order valence-electron chi connectivity index (χ1n) is 9.82. The molecule has 0 aliphatic rings. The zero-order valence-electron chi connectivity index (χ0n) is 18.9. The first kappa shape index (κ1) is 24.5. The Morgan fingerprint density at radius 1 is 0.839 bits per heavy atom. The number of hydrogen-bond donors (Lipinski definition) is 0. The molecular weight excluding hydrogens is 409 g/mol. The molecule has 31 heavy (non-hydrogen) atoms. The second-order valence-electron chi connectivity index (χ2n) is 8.29. The number of aryl methyl sites for hydroxylation is 2. The van der Waals surface area contributed by atoms with Crippen LogP contribution in [0.2, 0.25) is 0 Å². The van der Waals surface area contributed by atoms with Gasteiger partial charge < -0.3 is 26.7 Å². The Labute approximate surface area is 180 Å². The molecule has 3 aromatic rings. The zero-order valence-corrected chi connectivity index (χ0v) is 18.9. The minimum Gasteiger partial charge on any atom is -0.497 e. The van der Waals surface area contributed by atoms with Crippen molar-refractivity contribution < 1.29 is 31.3 Å². The summed E-state index contributed by atoms with van der Waals surface area (Å²) in [4.78, 5) is 0. The number of fused-ring (bicyclic) bond motifs is 1. The van der Waals surface area contributed by atoms with E-state index in [4.69, 9.17) is 9.47 Å². The molecular formula is C23H28BF4NO2. The highest BCUT2D eigenvalue weighted by Gasteiger charge is 2.23. The molecule has 0 aliphatic heterocycles. The zero-order chi connectivity index (χ0) is 23.6. The lowest BCUT2D eigenvalue weighted by Gasteiger charge is -2.18. The van der Waals surface area contributed by atoms with Gasteiger partial charge in [0.1, 0.15) is 11.5 Å². The van der Waals surface area contributed by atoms with Crippen molar-refractivity contribution in [3.63, 3.8) is 0 Å². The van der Waals surface area contributed by atoms with Crippen molar-refractivity contribution in [2.45, 2.75) is 40.0 Å². The maximum atomic E-state index is 9.75. The molecule has 0 saturated carbocycles. The summed E-state index contributed by atoms with van der Waals surface area (Å²) in [5.74, 6) is 1.64. The normalized spacial score (nSPS) is 11.7. The number of aromatic nitrogens is 1. The van der Waals surface area contributed by atoms with Crippen molar-refractivity contribution in [1.29, 1.82) is 0 Å². The molecule has 1 aromatic heterocycles. The number of nitrogens with zero attached hydrogens (tertiary/aromatic N) is 1. The Morgan fingerprint density at radius 3 is 1.84 bits per heavy atom. The van der Waals surface area contributed by atoms with Gasteiger partial charge in [-0.15, -0.1) is 0 Å². The molecule has 0 radical (unpaired) electrons. The highest BCUT2D eigenvalue weighted by Crippen LogP contribution is 2.33. The molecule has 0 unspecified atom stereocenters. The number of hydrogen-bond acceptors (Lipinski definition) is 2. The molecule has 0 bridgehead atoms. The van der Waals surface area contributed by atoms with Crippen LogP contribution in [0.5, 0.6) is 11.5 Å². The Hall–Kier alpha value is -2.77. The van der Waals surface area contributed by atoms with Crippen LogP contribution < -0.4 is 14.0 Å². The second kappa shape index (κ2) is 9.16. The molecule has 0 amide bonds. The number of halogens is 4. The van der Waals surface area contributed by atoms with Crippen molar-refractivity contribution in [3.8, 4) is 17.2 Å². The summed E-state index contributed by atoms with van der Waals surface area (Å²) in [6.45, 7) is 11.0. The summed E-state index contributed by atoms with van der Waals surface area (Å²) in [5.41, 5.74) is 4.97. The van der Waals surface area contributed by atoms with Gasteiger partial charge >= 0.3 is 7.25 Å². The largest absolute Gasteiger partial charge is 0.673 e. The van der Waals surface area contributed by atoms with Crippen LogP contribution in [-0.2, 0) is 5.41 Å². The minimum atomic E-state index is -6.00. The van der Waals surface area contributed by atoms with Gasteiger partial charge in [-0.1, -0.05) is 32.9 Å². The van der Waals surface area contributed by atoms with Crippen molar-refractivity contribution >= 4 is 18.0 Å². The fourth-order valence-electron chi connectivity index (χ4n) is 3.56. The molecule has 0 atom stereocenters. The summed E-state index contributed by atoms with van der Waals surface area (Å²) in [7, 11) is -2.61. The SMILES string of the molecule is COc1cc(OC)c2c(C)[n+](-c3ccc(C(C)(C)C)cc3)c(C)cc2c1.F[B-](F)(F)F. The fraction of sp³-hybridized carbons (Fsp3) is 0.348. The molecule has 8 heteroatoms. The number of rotatable bonds is 3. The summed E-state index contributed by atoms with van der Waals surface area (Å²) in [5, 5.41) is 2.23. The van der Waals surface area contributed by atoms with Crippen LogP contribution in [0.4, 0.5) is 17.3 Å². The van der Waals surface area contributed by atoms with Crippen LogP contribution in [0.25, 0.3) is 16.5 Å². The highest BCUT2D eigenvalue weighted by molar-refractivity contribution is 6.50. The smallest absolute Gasteiger partial charge is 0.497 e. The third-order valence-corrected chi connectivity index (χ3v) is 4.97. The van der Waals surface area contributed by atoms with Gasteiger partial charge in [-0.05, 0) is 17.0 Å². The first-order chi connectivity index (χ1) is 14.3. The van der Waals surface area contributed by atoms with Gasteiger partial charge in [-0.2, -0.15) is 4.57 Å². The molecule has 0 fully saturated rings. The highest BCUT2D eigenvalue weighted by atomic mass is 19.5. The Kier molecular flexibility index (Phi) is 7.24. The van der Waals surface area contributed by atoms with Crippen molar-refractivity contribution in [2.24, 2.45) is 0 Å². The Morgan fingerprint density at radius 2 is 1.39 bits per heavy atom. The van der Waals surface area contributed by atoms with Crippen LogP contribution in [-0.4, -0.2) is 21.5 Å². The molecule has 0 aliphatic carbocycles. The monoisotopic (exact) mass is 437 g/mol. The maximum absolute atomic E-state index is 9.75. The molecule has 1 heterocycles. The summed E-state index contributed by atoms with van der Waals surface area (Å²) in [6.07, 6.45) is 0. The number of pyridine rings is 1. The molecule has 0 saturated heterocycles. The number of methoxy groups -OCH3 is 2. The van der Waals surface area contributed by atoms with Gasteiger partial charge in [0, 0.05) is 43.5 Å². The van der Waals surface area contributed by atoms with Gasteiger partial charge in [0.15, 0.2) is 11.4 Å². The molecule has 3 nitrogen and oxygen atoms in total. The standard InChI is InChI=1S/C23H28NO2.BF4/c1-15-12-17-13-20(25-6)14-21(26-7)22(17)16(2)24(15)19-10-8-18(9-11-19)23(3,4)5;2-1(3,4)5/h8-14H,1-7H3;/q+1;-1. The summed E-state index contributed by atoms with van der Waals surface area (Å²) < 4.78 is 52.4. The van der Waals surface area contributed by atoms with E-state index >= 15 is 0 Å². The van der Waals surface area contributed by atoms with E-state index in [0.29, 0.717) is 0 Å². The summed E-state index contributed by atoms with van der Waals surface area (Å²) in [6, 6.07) is 15.0. The van der Waals surface area contributed by atoms with E-state index in [1.54, 1.807) is 14.2 Å². The van der Waals surface area contributed by atoms with Crippen LogP contribution >= 0.6 is 0 Å². The minimum absolute atomic E-state index is 0.149. The lowest BCUT2D eigenvalue weighted by atomic mass is 9.87. The number of benzene rings is 2. The van der Waals surface area contributed by atoms with Crippen LogP contribution in [0.3, 0.4) is 0 Å². The maximum Gasteiger partial charge on any atom is 0.673 e. The van der Waals surface area contributed by atoms with E-state index in [1.165, 1.54) is 11.3 Å². The molecule has 168 valence electrons. The third kappa shape index (κ3) is 6.12. The number of ether oxygens (including phenoxy) is 2. The van der Waals surface area contributed by atoms with Crippen LogP contribution in [0.1, 0.15) is 37.7 Å². The second-order valence-corrected chi connectivity index (χ2v) is 8.29.